The van der Waals surface area contributed by atoms with Gasteiger partial charge in [0.05, 0.1) is 15.7 Å². The third kappa shape index (κ3) is 6.03. The van der Waals surface area contributed by atoms with Gasteiger partial charge in [0.15, 0.2) is 0 Å². The summed E-state index contributed by atoms with van der Waals surface area (Å²) in [5, 5.41) is 16.2. The van der Waals surface area contributed by atoms with Crippen molar-refractivity contribution < 1.29 is 14.7 Å². The van der Waals surface area contributed by atoms with E-state index >= 15 is 0 Å². The standard InChI is InChI=1S/C25H25Cl2N3O3/c1-3-16-6-5-7-17(4-2)22(16)29-21(25(32)33)12-15-8-10-18(11-9-15)24(31)30-23-19(26)13-28-14-20(23)27/h5-11,13-14,21,29H,3-4,12H2,1-2H3,(H,32,33)(H,28,30,31). The van der Waals surface area contributed by atoms with Crippen LogP contribution in [0.5, 0.6) is 0 Å². The van der Waals surface area contributed by atoms with Crippen LogP contribution in [0.3, 0.4) is 0 Å². The molecule has 0 radical (unpaired) electrons. The van der Waals surface area contributed by atoms with Gasteiger partial charge in [0, 0.05) is 30.1 Å². The molecule has 3 aromatic rings. The number of benzene rings is 2. The summed E-state index contributed by atoms with van der Waals surface area (Å²) in [5.41, 5.74) is 4.53. The van der Waals surface area contributed by atoms with E-state index in [2.05, 4.69) is 15.6 Å². The van der Waals surface area contributed by atoms with Gasteiger partial charge in [-0.2, -0.15) is 0 Å². The summed E-state index contributed by atoms with van der Waals surface area (Å²) in [6.45, 7) is 4.09. The number of pyridine rings is 1. The van der Waals surface area contributed by atoms with E-state index in [1.807, 2.05) is 32.0 Å². The number of carboxylic acid groups (broad SMARTS) is 1. The highest BCUT2D eigenvalue weighted by atomic mass is 35.5. The molecule has 172 valence electrons. The number of para-hydroxylation sites is 1. The van der Waals surface area contributed by atoms with Crippen molar-refractivity contribution >= 4 is 46.5 Å². The molecule has 0 aliphatic heterocycles. The van der Waals surface area contributed by atoms with E-state index in [0.29, 0.717) is 11.3 Å². The first-order chi connectivity index (χ1) is 15.8. The molecule has 0 fully saturated rings. The van der Waals surface area contributed by atoms with Crippen LogP contribution in [-0.2, 0) is 24.1 Å². The lowest BCUT2D eigenvalue weighted by Crippen LogP contribution is -2.32. The minimum Gasteiger partial charge on any atom is -0.480 e. The number of amides is 1. The maximum atomic E-state index is 12.6. The molecule has 1 heterocycles. The number of nitrogens with zero attached hydrogens (tertiary/aromatic N) is 1. The van der Waals surface area contributed by atoms with Gasteiger partial charge in [-0.1, -0.05) is 67.4 Å². The van der Waals surface area contributed by atoms with Crippen molar-refractivity contribution in [2.75, 3.05) is 10.6 Å². The number of halogens is 2. The van der Waals surface area contributed by atoms with E-state index in [0.717, 1.165) is 35.2 Å². The molecule has 0 aliphatic rings. The van der Waals surface area contributed by atoms with Crippen LogP contribution in [0.1, 0.15) is 40.9 Å². The van der Waals surface area contributed by atoms with Crippen molar-refractivity contribution in [1.82, 2.24) is 4.98 Å². The lowest BCUT2D eigenvalue weighted by molar-refractivity contribution is -0.137. The molecule has 8 heteroatoms. The highest BCUT2D eigenvalue weighted by Gasteiger charge is 2.21. The monoisotopic (exact) mass is 485 g/mol. The molecule has 0 saturated heterocycles. The van der Waals surface area contributed by atoms with Crippen LogP contribution in [0.25, 0.3) is 0 Å². The third-order valence-corrected chi connectivity index (χ3v) is 5.94. The first-order valence-electron chi connectivity index (χ1n) is 10.6. The molecule has 6 nitrogen and oxygen atoms in total. The smallest absolute Gasteiger partial charge is 0.326 e. The van der Waals surface area contributed by atoms with Crippen LogP contribution in [-0.4, -0.2) is 28.0 Å². The number of aliphatic carboxylic acids is 1. The Hall–Kier alpha value is -3.09. The number of hydrogen-bond donors (Lipinski definition) is 3. The van der Waals surface area contributed by atoms with Crippen molar-refractivity contribution in [1.29, 1.82) is 0 Å². The van der Waals surface area contributed by atoms with Gasteiger partial charge in [-0.15, -0.1) is 0 Å². The predicted molar refractivity (Wildman–Crippen MR) is 133 cm³/mol. The van der Waals surface area contributed by atoms with E-state index in [9.17, 15) is 14.7 Å². The Kier molecular flexibility index (Phi) is 8.31. The molecule has 1 unspecified atom stereocenters. The zero-order valence-corrected chi connectivity index (χ0v) is 19.9. The van der Waals surface area contributed by atoms with E-state index in [1.54, 1.807) is 24.3 Å². The van der Waals surface area contributed by atoms with E-state index < -0.39 is 12.0 Å². The van der Waals surface area contributed by atoms with Crippen molar-refractivity contribution in [2.45, 2.75) is 39.2 Å². The quantitative estimate of drug-likeness (QED) is 0.352. The summed E-state index contributed by atoms with van der Waals surface area (Å²) in [4.78, 5) is 28.4. The van der Waals surface area contributed by atoms with Crippen LogP contribution < -0.4 is 10.6 Å². The third-order valence-electron chi connectivity index (χ3n) is 5.36. The zero-order valence-electron chi connectivity index (χ0n) is 18.4. The minimum atomic E-state index is -0.938. The summed E-state index contributed by atoms with van der Waals surface area (Å²) in [5.74, 6) is -1.32. The SMILES string of the molecule is CCc1cccc(CC)c1NC(Cc1ccc(C(=O)Nc2c(Cl)cncc2Cl)cc1)C(=O)O. The van der Waals surface area contributed by atoms with E-state index in [4.69, 9.17) is 23.2 Å². The Morgan fingerprint density at radius 3 is 2.03 bits per heavy atom. The van der Waals surface area contributed by atoms with Crippen LogP contribution in [0.15, 0.2) is 54.9 Å². The maximum Gasteiger partial charge on any atom is 0.326 e. The largest absolute Gasteiger partial charge is 0.480 e. The molecule has 0 spiro atoms. The van der Waals surface area contributed by atoms with Crippen molar-refractivity contribution in [2.24, 2.45) is 0 Å². The lowest BCUT2D eigenvalue weighted by Gasteiger charge is -2.21. The first-order valence-corrected chi connectivity index (χ1v) is 11.4. The second kappa shape index (κ2) is 11.2. The molecule has 33 heavy (non-hydrogen) atoms. The van der Waals surface area contributed by atoms with Gasteiger partial charge in [0.25, 0.3) is 5.91 Å². The molecule has 3 N–H and O–H groups in total. The van der Waals surface area contributed by atoms with Gasteiger partial charge in [-0.25, -0.2) is 4.79 Å². The van der Waals surface area contributed by atoms with Crippen molar-refractivity contribution in [3.05, 3.63) is 87.2 Å². The number of aromatic nitrogens is 1. The van der Waals surface area contributed by atoms with Crippen LogP contribution in [0.4, 0.5) is 11.4 Å². The normalized spacial score (nSPS) is 11.6. The number of rotatable bonds is 9. The fourth-order valence-electron chi connectivity index (χ4n) is 3.55. The molecule has 1 aromatic heterocycles. The fourth-order valence-corrected chi connectivity index (χ4v) is 4.01. The van der Waals surface area contributed by atoms with Gasteiger partial charge in [-0.3, -0.25) is 9.78 Å². The van der Waals surface area contributed by atoms with Gasteiger partial charge in [0.1, 0.15) is 6.04 Å². The van der Waals surface area contributed by atoms with E-state index in [-0.39, 0.29) is 22.4 Å². The number of nitrogens with one attached hydrogen (secondary N) is 2. The molecule has 1 atom stereocenters. The summed E-state index contributed by atoms with van der Waals surface area (Å²) in [6.07, 6.45) is 4.66. The number of carbonyl (C=O) groups is 2. The Labute approximate surface area is 203 Å². The van der Waals surface area contributed by atoms with Crippen LogP contribution >= 0.6 is 23.2 Å². The average molecular weight is 486 g/mol. The molecule has 3 rings (SSSR count). The molecule has 0 aliphatic carbocycles. The Morgan fingerprint density at radius 2 is 1.52 bits per heavy atom. The van der Waals surface area contributed by atoms with Crippen LogP contribution in [0, 0.1) is 0 Å². The zero-order chi connectivity index (χ0) is 24.0. The summed E-state index contributed by atoms with van der Waals surface area (Å²) in [7, 11) is 0. The first kappa shape index (κ1) is 24.6. The fraction of sp³-hybridized carbons (Fsp3) is 0.240. The molecule has 1 amide bonds. The number of hydrogen-bond acceptors (Lipinski definition) is 4. The second-order valence-corrected chi connectivity index (χ2v) is 8.34. The second-order valence-electron chi connectivity index (χ2n) is 7.53. The van der Waals surface area contributed by atoms with Gasteiger partial charge < -0.3 is 15.7 Å². The number of aryl methyl sites for hydroxylation is 2. The van der Waals surface area contributed by atoms with Gasteiger partial charge >= 0.3 is 5.97 Å². The van der Waals surface area contributed by atoms with Crippen LogP contribution in [0.2, 0.25) is 10.0 Å². The average Bonchev–Trinajstić information content (AvgIpc) is 2.81. The summed E-state index contributed by atoms with van der Waals surface area (Å²) >= 11 is 12.1. The molecule has 0 saturated carbocycles. The number of anilines is 2. The summed E-state index contributed by atoms with van der Waals surface area (Å²) < 4.78 is 0. The maximum absolute atomic E-state index is 12.6. The Bertz CT molecular complexity index is 1110. The predicted octanol–water partition coefficient (Wildman–Crippen LogP) is 5.87. The minimum absolute atomic E-state index is 0.238. The van der Waals surface area contributed by atoms with Gasteiger partial charge in [0.2, 0.25) is 0 Å². The molecular weight excluding hydrogens is 461 g/mol. The Morgan fingerprint density at radius 1 is 0.939 bits per heavy atom. The lowest BCUT2D eigenvalue weighted by atomic mass is 10.00. The topological polar surface area (TPSA) is 91.3 Å². The van der Waals surface area contributed by atoms with Gasteiger partial charge in [-0.05, 0) is 41.7 Å². The summed E-state index contributed by atoms with van der Waals surface area (Å²) in [6, 6.07) is 12.0. The highest BCUT2D eigenvalue weighted by molar-refractivity contribution is 6.39. The Balaban J connectivity index is 1.75. The van der Waals surface area contributed by atoms with Crippen molar-refractivity contribution in [3.63, 3.8) is 0 Å². The molecular formula is C25H25Cl2N3O3. The molecule has 2 aromatic carbocycles. The number of carboxylic acids is 1. The van der Waals surface area contributed by atoms with E-state index in [1.165, 1.54) is 12.4 Å². The van der Waals surface area contributed by atoms with Crippen molar-refractivity contribution in [3.8, 4) is 0 Å². The number of carbonyl (C=O) groups excluding carboxylic acids is 1. The molecule has 0 bridgehead atoms. The highest BCUT2D eigenvalue weighted by Crippen LogP contribution is 2.29.